The smallest absolute Gasteiger partial charge is 0.0240 e. The van der Waals surface area contributed by atoms with Crippen LogP contribution >= 0.6 is 24.8 Å². The molecule has 2 nitrogen and oxygen atoms in total. The minimum Gasteiger partial charge on any atom is -0.304 e. The number of benzene rings is 2. The van der Waals surface area contributed by atoms with Gasteiger partial charge in [-0.25, -0.2) is 0 Å². The fourth-order valence-corrected chi connectivity index (χ4v) is 2.68. The van der Waals surface area contributed by atoms with Crippen molar-refractivity contribution in [3.63, 3.8) is 0 Å². The molecule has 0 amide bonds. The van der Waals surface area contributed by atoms with Gasteiger partial charge < -0.3 is 4.90 Å². The third kappa shape index (κ3) is 3.86. The van der Waals surface area contributed by atoms with Crippen LogP contribution in [-0.2, 0) is 6.54 Å². The molecule has 3 rings (SSSR count). The van der Waals surface area contributed by atoms with Gasteiger partial charge in [-0.2, -0.15) is 0 Å². The van der Waals surface area contributed by atoms with Gasteiger partial charge >= 0.3 is 0 Å². The number of hydrogen-bond donors (Lipinski definition) is 0. The second-order valence-corrected chi connectivity index (χ2v) is 5.22. The summed E-state index contributed by atoms with van der Waals surface area (Å²) in [6, 6.07) is 15.3. The lowest BCUT2D eigenvalue weighted by Gasteiger charge is -2.32. The van der Waals surface area contributed by atoms with Crippen LogP contribution < -0.4 is 0 Å². The van der Waals surface area contributed by atoms with Crippen LogP contribution in [0.3, 0.4) is 0 Å². The molecular weight excluding hydrogens is 291 g/mol. The van der Waals surface area contributed by atoms with Gasteiger partial charge in [0.05, 0.1) is 0 Å². The van der Waals surface area contributed by atoms with Crippen LogP contribution in [0.5, 0.6) is 0 Å². The van der Waals surface area contributed by atoms with Crippen molar-refractivity contribution < 1.29 is 0 Å². The SMILES string of the molecule is CN1CCN(Cc2cccc3ccccc23)CC1.Cl.Cl. The Morgan fingerprint density at radius 2 is 1.50 bits per heavy atom. The molecule has 2 aromatic carbocycles. The maximum Gasteiger partial charge on any atom is 0.0240 e. The second kappa shape index (κ2) is 7.84. The minimum atomic E-state index is 0. The van der Waals surface area contributed by atoms with Crippen LogP contribution in [0.2, 0.25) is 0 Å². The molecule has 1 aliphatic heterocycles. The molecule has 4 heteroatoms. The lowest BCUT2D eigenvalue weighted by Crippen LogP contribution is -2.43. The molecule has 0 unspecified atom stereocenters. The molecule has 1 fully saturated rings. The van der Waals surface area contributed by atoms with E-state index in [1.807, 2.05) is 0 Å². The predicted molar refractivity (Wildman–Crippen MR) is 91.2 cm³/mol. The van der Waals surface area contributed by atoms with Crippen molar-refractivity contribution in [3.8, 4) is 0 Å². The van der Waals surface area contributed by atoms with E-state index in [1.54, 1.807) is 0 Å². The topological polar surface area (TPSA) is 6.48 Å². The van der Waals surface area contributed by atoms with Gasteiger partial charge in [-0.3, -0.25) is 4.90 Å². The average Bonchev–Trinajstić information content (AvgIpc) is 2.42. The molecule has 0 bridgehead atoms. The van der Waals surface area contributed by atoms with Crippen molar-refractivity contribution in [3.05, 3.63) is 48.0 Å². The highest BCUT2D eigenvalue weighted by Crippen LogP contribution is 2.20. The van der Waals surface area contributed by atoms with E-state index in [-0.39, 0.29) is 24.8 Å². The van der Waals surface area contributed by atoms with Gasteiger partial charge in [-0.1, -0.05) is 42.5 Å². The van der Waals surface area contributed by atoms with Crippen LogP contribution in [0.4, 0.5) is 0 Å². The van der Waals surface area contributed by atoms with Gasteiger partial charge in [0.15, 0.2) is 0 Å². The lowest BCUT2D eigenvalue weighted by atomic mass is 10.0. The summed E-state index contributed by atoms with van der Waals surface area (Å²) in [6.07, 6.45) is 0. The van der Waals surface area contributed by atoms with Gasteiger partial charge in [-0.05, 0) is 23.4 Å². The number of likely N-dealkylation sites (N-methyl/N-ethyl adjacent to an activating group) is 1. The third-order valence-corrected chi connectivity index (χ3v) is 3.87. The molecule has 0 spiro atoms. The number of fused-ring (bicyclic) bond motifs is 1. The zero-order valence-corrected chi connectivity index (χ0v) is 13.4. The molecule has 20 heavy (non-hydrogen) atoms. The summed E-state index contributed by atoms with van der Waals surface area (Å²) in [4.78, 5) is 4.96. The van der Waals surface area contributed by atoms with E-state index >= 15 is 0 Å². The molecule has 1 aliphatic rings. The normalized spacial score (nSPS) is 16.4. The molecule has 2 aromatic rings. The summed E-state index contributed by atoms with van der Waals surface area (Å²) in [5.74, 6) is 0. The van der Waals surface area contributed by atoms with Crippen molar-refractivity contribution in [2.24, 2.45) is 0 Å². The second-order valence-electron chi connectivity index (χ2n) is 5.22. The Morgan fingerprint density at radius 3 is 2.25 bits per heavy atom. The van der Waals surface area contributed by atoms with E-state index in [0.717, 1.165) is 6.54 Å². The summed E-state index contributed by atoms with van der Waals surface area (Å²) < 4.78 is 0. The van der Waals surface area contributed by atoms with Crippen LogP contribution in [0.15, 0.2) is 42.5 Å². The maximum absolute atomic E-state index is 2.56. The Kier molecular flexibility index (Phi) is 6.77. The predicted octanol–water partition coefficient (Wildman–Crippen LogP) is 3.43. The fraction of sp³-hybridized carbons (Fsp3) is 0.375. The highest BCUT2D eigenvalue weighted by Gasteiger charge is 2.14. The summed E-state index contributed by atoms with van der Waals surface area (Å²) >= 11 is 0. The Hall–Kier alpha value is -0.800. The molecule has 0 aliphatic carbocycles. The Bertz CT molecular complexity index is 531. The molecule has 0 aromatic heterocycles. The van der Waals surface area contributed by atoms with Crippen LogP contribution in [0.25, 0.3) is 10.8 Å². The first kappa shape index (κ1) is 17.3. The van der Waals surface area contributed by atoms with Gasteiger partial charge in [-0.15, -0.1) is 24.8 Å². The van der Waals surface area contributed by atoms with Crippen LogP contribution in [0.1, 0.15) is 5.56 Å². The van der Waals surface area contributed by atoms with Crippen LogP contribution in [0, 0.1) is 0 Å². The zero-order chi connectivity index (χ0) is 12.4. The van der Waals surface area contributed by atoms with Crippen molar-refractivity contribution >= 4 is 35.6 Å². The molecule has 0 saturated carbocycles. The van der Waals surface area contributed by atoms with Gasteiger partial charge in [0.25, 0.3) is 0 Å². The average molecular weight is 313 g/mol. The van der Waals surface area contributed by atoms with E-state index in [1.165, 1.54) is 42.5 Å². The number of piperazine rings is 1. The summed E-state index contributed by atoms with van der Waals surface area (Å²) in [7, 11) is 2.20. The summed E-state index contributed by atoms with van der Waals surface area (Å²) in [5.41, 5.74) is 1.46. The standard InChI is InChI=1S/C16H20N2.2ClH/c1-17-9-11-18(12-10-17)13-15-7-4-6-14-5-2-3-8-16(14)15;;/h2-8H,9-13H2,1H3;2*1H. The van der Waals surface area contributed by atoms with Gasteiger partial charge in [0.2, 0.25) is 0 Å². The van der Waals surface area contributed by atoms with E-state index in [9.17, 15) is 0 Å². The molecule has 1 saturated heterocycles. The van der Waals surface area contributed by atoms with E-state index in [2.05, 4.69) is 59.3 Å². The lowest BCUT2D eigenvalue weighted by molar-refractivity contribution is 0.148. The van der Waals surface area contributed by atoms with Crippen molar-refractivity contribution in [2.45, 2.75) is 6.54 Å². The first-order valence-electron chi connectivity index (χ1n) is 6.70. The molecular formula is C16H22Cl2N2. The van der Waals surface area contributed by atoms with E-state index in [4.69, 9.17) is 0 Å². The number of hydrogen-bond acceptors (Lipinski definition) is 2. The molecule has 0 atom stereocenters. The molecule has 0 radical (unpaired) electrons. The highest BCUT2D eigenvalue weighted by atomic mass is 35.5. The first-order chi connectivity index (χ1) is 8.83. The Morgan fingerprint density at radius 1 is 0.850 bits per heavy atom. The molecule has 0 N–H and O–H groups in total. The molecule has 1 heterocycles. The van der Waals surface area contributed by atoms with E-state index in [0.29, 0.717) is 0 Å². The maximum atomic E-state index is 2.56. The Balaban J connectivity index is 0.000001000. The highest BCUT2D eigenvalue weighted by molar-refractivity contribution is 5.86. The van der Waals surface area contributed by atoms with Crippen LogP contribution in [-0.4, -0.2) is 43.0 Å². The fourth-order valence-electron chi connectivity index (χ4n) is 2.68. The summed E-state index contributed by atoms with van der Waals surface area (Å²) in [5, 5.41) is 2.75. The third-order valence-electron chi connectivity index (χ3n) is 3.87. The number of halogens is 2. The largest absolute Gasteiger partial charge is 0.304 e. The van der Waals surface area contributed by atoms with Crippen molar-refractivity contribution in [2.75, 3.05) is 33.2 Å². The minimum absolute atomic E-state index is 0. The quantitative estimate of drug-likeness (QED) is 0.838. The first-order valence-corrected chi connectivity index (χ1v) is 6.70. The Labute approximate surface area is 133 Å². The van der Waals surface area contributed by atoms with E-state index < -0.39 is 0 Å². The van der Waals surface area contributed by atoms with Crippen molar-refractivity contribution in [1.29, 1.82) is 0 Å². The molecule has 110 valence electrons. The summed E-state index contributed by atoms with van der Waals surface area (Å²) in [6.45, 7) is 5.81. The zero-order valence-electron chi connectivity index (χ0n) is 11.8. The number of rotatable bonds is 2. The number of nitrogens with zero attached hydrogens (tertiary/aromatic N) is 2. The van der Waals surface area contributed by atoms with Gasteiger partial charge in [0, 0.05) is 32.7 Å². The van der Waals surface area contributed by atoms with Crippen molar-refractivity contribution in [1.82, 2.24) is 9.80 Å². The monoisotopic (exact) mass is 312 g/mol. The van der Waals surface area contributed by atoms with Gasteiger partial charge in [0.1, 0.15) is 0 Å².